The topological polar surface area (TPSA) is 32.6 Å². The van der Waals surface area contributed by atoms with Gasteiger partial charge in [0.15, 0.2) is 0 Å². The molecule has 0 radical (unpaired) electrons. The standard InChI is InChI=1S/C23H29NO/c1-23(2,3)19-12-14-20(15-13-19)24-16-18-10-7-11-21(22(18)25)17-8-5-4-6-9-17/h7,10-17,25H,4-6,8-9H2,1-3H3. The second-order valence-electron chi connectivity index (χ2n) is 8.18. The Kier molecular flexibility index (Phi) is 5.27. The van der Waals surface area contributed by atoms with Crippen LogP contribution in [0.25, 0.3) is 0 Å². The molecule has 2 nitrogen and oxygen atoms in total. The summed E-state index contributed by atoms with van der Waals surface area (Å²) in [6.45, 7) is 6.63. The molecule has 0 unspecified atom stereocenters. The van der Waals surface area contributed by atoms with Gasteiger partial charge in [-0.1, -0.05) is 64.3 Å². The van der Waals surface area contributed by atoms with E-state index in [0.717, 1.165) is 16.8 Å². The first-order valence-corrected chi connectivity index (χ1v) is 9.41. The number of para-hydroxylation sites is 1. The Bertz CT molecular complexity index is 732. The molecule has 25 heavy (non-hydrogen) atoms. The zero-order valence-corrected chi connectivity index (χ0v) is 15.6. The van der Waals surface area contributed by atoms with Gasteiger partial charge in [0, 0.05) is 11.8 Å². The van der Waals surface area contributed by atoms with E-state index >= 15 is 0 Å². The van der Waals surface area contributed by atoms with Gasteiger partial charge in [-0.3, -0.25) is 4.99 Å². The first-order valence-electron chi connectivity index (χ1n) is 9.41. The van der Waals surface area contributed by atoms with Gasteiger partial charge in [0.2, 0.25) is 0 Å². The average molecular weight is 335 g/mol. The summed E-state index contributed by atoms with van der Waals surface area (Å²) in [5, 5.41) is 10.7. The van der Waals surface area contributed by atoms with Gasteiger partial charge in [-0.2, -0.15) is 0 Å². The maximum atomic E-state index is 10.7. The molecule has 0 saturated heterocycles. The highest BCUT2D eigenvalue weighted by Gasteiger charge is 2.19. The summed E-state index contributed by atoms with van der Waals surface area (Å²) in [5.74, 6) is 0.901. The number of rotatable bonds is 3. The number of phenols is 1. The Labute approximate surface area is 151 Å². The summed E-state index contributed by atoms with van der Waals surface area (Å²) in [6.07, 6.45) is 8.01. The summed E-state index contributed by atoms with van der Waals surface area (Å²) in [6, 6.07) is 14.4. The average Bonchev–Trinajstić information content (AvgIpc) is 2.61. The molecule has 1 N–H and O–H groups in total. The molecular weight excluding hydrogens is 306 g/mol. The van der Waals surface area contributed by atoms with Gasteiger partial charge in [-0.05, 0) is 53.5 Å². The quantitative estimate of drug-likeness (QED) is 0.639. The van der Waals surface area contributed by atoms with Crippen molar-refractivity contribution in [3.05, 3.63) is 59.2 Å². The molecule has 1 saturated carbocycles. The first-order chi connectivity index (χ1) is 11.9. The van der Waals surface area contributed by atoms with Crippen molar-refractivity contribution in [3.63, 3.8) is 0 Å². The van der Waals surface area contributed by atoms with E-state index in [-0.39, 0.29) is 5.41 Å². The van der Waals surface area contributed by atoms with Crippen molar-refractivity contribution in [1.82, 2.24) is 0 Å². The van der Waals surface area contributed by atoms with E-state index in [4.69, 9.17) is 0 Å². The lowest BCUT2D eigenvalue weighted by Crippen LogP contribution is -2.10. The van der Waals surface area contributed by atoms with Crippen molar-refractivity contribution in [2.45, 2.75) is 64.2 Å². The van der Waals surface area contributed by atoms with Crippen LogP contribution in [0.2, 0.25) is 0 Å². The minimum absolute atomic E-state index is 0.148. The lowest BCUT2D eigenvalue weighted by molar-refractivity contribution is 0.414. The van der Waals surface area contributed by atoms with Gasteiger partial charge in [0.25, 0.3) is 0 Å². The number of phenolic OH excluding ortho intramolecular Hbond substituents is 1. The lowest BCUT2D eigenvalue weighted by atomic mass is 9.83. The number of nitrogens with zero attached hydrogens (tertiary/aromatic N) is 1. The molecule has 0 heterocycles. The molecular formula is C23H29NO. The second kappa shape index (κ2) is 7.43. The van der Waals surface area contributed by atoms with Crippen molar-refractivity contribution >= 4 is 11.9 Å². The minimum Gasteiger partial charge on any atom is -0.507 e. The van der Waals surface area contributed by atoms with E-state index in [1.165, 1.54) is 37.7 Å². The summed E-state index contributed by atoms with van der Waals surface area (Å²) < 4.78 is 0. The number of aromatic hydroxyl groups is 1. The third-order valence-corrected chi connectivity index (χ3v) is 5.23. The smallest absolute Gasteiger partial charge is 0.127 e. The number of benzene rings is 2. The third-order valence-electron chi connectivity index (χ3n) is 5.23. The van der Waals surface area contributed by atoms with E-state index in [1.54, 1.807) is 6.21 Å². The molecule has 0 bridgehead atoms. The van der Waals surface area contributed by atoms with Crippen LogP contribution in [0.5, 0.6) is 5.75 Å². The van der Waals surface area contributed by atoms with Crippen molar-refractivity contribution < 1.29 is 5.11 Å². The highest BCUT2D eigenvalue weighted by molar-refractivity contribution is 5.86. The maximum absolute atomic E-state index is 10.7. The SMILES string of the molecule is CC(C)(C)c1ccc(N=Cc2cccc(C3CCCCC3)c2O)cc1. The van der Waals surface area contributed by atoms with Crippen LogP contribution in [-0.4, -0.2) is 11.3 Å². The highest BCUT2D eigenvalue weighted by atomic mass is 16.3. The molecule has 0 atom stereocenters. The van der Waals surface area contributed by atoms with Crippen LogP contribution in [0.15, 0.2) is 47.5 Å². The molecule has 0 aromatic heterocycles. The Morgan fingerprint density at radius 2 is 1.64 bits per heavy atom. The summed E-state index contributed by atoms with van der Waals surface area (Å²) in [4.78, 5) is 4.56. The molecule has 3 rings (SSSR count). The van der Waals surface area contributed by atoms with Crippen molar-refractivity contribution in [1.29, 1.82) is 0 Å². The Morgan fingerprint density at radius 1 is 0.960 bits per heavy atom. The highest BCUT2D eigenvalue weighted by Crippen LogP contribution is 2.38. The van der Waals surface area contributed by atoms with Crippen molar-refractivity contribution in [2.24, 2.45) is 4.99 Å². The number of hydrogen-bond acceptors (Lipinski definition) is 2. The largest absolute Gasteiger partial charge is 0.507 e. The lowest BCUT2D eigenvalue weighted by Gasteiger charge is -2.23. The van der Waals surface area contributed by atoms with Crippen LogP contribution in [0.1, 0.15) is 75.5 Å². The van der Waals surface area contributed by atoms with Crippen LogP contribution in [0.4, 0.5) is 5.69 Å². The zero-order chi connectivity index (χ0) is 17.9. The normalized spacial score (nSPS) is 16.4. The van der Waals surface area contributed by atoms with Gasteiger partial charge in [-0.25, -0.2) is 0 Å². The van der Waals surface area contributed by atoms with E-state index in [0.29, 0.717) is 11.7 Å². The molecule has 2 aromatic carbocycles. The van der Waals surface area contributed by atoms with Crippen LogP contribution < -0.4 is 0 Å². The van der Waals surface area contributed by atoms with Crippen LogP contribution in [0.3, 0.4) is 0 Å². The predicted octanol–water partition coefficient (Wildman–Crippen LogP) is 6.49. The van der Waals surface area contributed by atoms with E-state index in [1.807, 2.05) is 24.3 Å². The summed E-state index contributed by atoms with van der Waals surface area (Å²) in [5.41, 5.74) is 4.26. The van der Waals surface area contributed by atoms with E-state index in [2.05, 4.69) is 44.0 Å². The van der Waals surface area contributed by atoms with Crippen LogP contribution in [0, 0.1) is 0 Å². The molecule has 2 aromatic rings. The van der Waals surface area contributed by atoms with E-state index in [9.17, 15) is 5.11 Å². The Hall–Kier alpha value is -2.09. The van der Waals surface area contributed by atoms with Crippen molar-refractivity contribution in [3.8, 4) is 5.75 Å². The van der Waals surface area contributed by atoms with Crippen LogP contribution >= 0.6 is 0 Å². The van der Waals surface area contributed by atoms with Gasteiger partial charge in [0.05, 0.1) is 5.69 Å². The molecule has 0 spiro atoms. The molecule has 0 amide bonds. The molecule has 1 aliphatic carbocycles. The van der Waals surface area contributed by atoms with Gasteiger partial charge in [0.1, 0.15) is 5.75 Å². The molecule has 0 aliphatic heterocycles. The minimum atomic E-state index is 0.148. The molecule has 1 aliphatic rings. The monoisotopic (exact) mass is 335 g/mol. The second-order valence-corrected chi connectivity index (χ2v) is 8.18. The Morgan fingerprint density at radius 3 is 2.28 bits per heavy atom. The van der Waals surface area contributed by atoms with Gasteiger partial charge < -0.3 is 5.11 Å². The predicted molar refractivity (Wildman–Crippen MR) is 106 cm³/mol. The fraction of sp³-hybridized carbons (Fsp3) is 0.435. The first kappa shape index (κ1) is 17.7. The fourth-order valence-electron chi connectivity index (χ4n) is 3.62. The maximum Gasteiger partial charge on any atom is 0.127 e. The number of aliphatic imine (C=N–C) groups is 1. The van der Waals surface area contributed by atoms with Crippen LogP contribution in [-0.2, 0) is 5.41 Å². The Balaban J connectivity index is 1.79. The van der Waals surface area contributed by atoms with Gasteiger partial charge >= 0.3 is 0 Å². The van der Waals surface area contributed by atoms with Crippen molar-refractivity contribution in [2.75, 3.05) is 0 Å². The number of hydrogen-bond donors (Lipinski definition) is 1. The zero-order valence-electron chi connectivity index (χ0n) is 15.6. The van der Waals surface area contributed by atoms with Gasteiger partial charge in [-0.15, -0.1) is 0 Å². The summed E-state index contributed by atoms with van der Waals surface area (Å²) in [7, 11) is 0. The fourth-order valence-corrected chi connectivity index (χ4v) is 3.62. The molecule has 132 valence electrons. The molecule has 1 fully saturated rings. The third kappa shape index (κ3) is 4.31. The molecule has 2 heteroatoms. The van der Waals surface area contributed by atoms with E-state index < -0.39 is 0 Å². The summed E-state index contributed by atoms with van der Waals surface area (Å²) >= 11 is 0.